The quantitative estimate of drug-likeness (QED) is 0.0971. The van der Waals surface area contributed by atoms with Crippen LogP contribution in [0.4, 0.5) is 0 Å². The standard InChI is InChI=1S/C45H59N3O9/c1-3-5-7-19-44(20-8-6-4-2)55-37-36-26-45(43(52)47-27-31-12-10-14-33(24-31)41(50)46-21-22-49)39(42(51)54-36)48(57-40(45)38(37)56-44)28-32-13-9-11-29(23-32)15-16-30-17-18-34-35(25-30)53-34/h9-16,23-24,30,34-40,49H,3-8,17-22,25-28H2,1-2H3,(H,46,50)(H,47,52)/t30?,34?,35?,36-,37+,38+,39+,40-,45+/m1/s1. The van der Waals surface area contributed by atoms with Crippen molar-refractivity contribution in [3.05, 3.63) is 76.9 Å². The molecule has 9 atom stereocenters. The van der Waals surface area contributed by atoms with Gasteiger partial charge in [-0.15, -0.1) is 0 Å². The van der Waals surface area contributed by atoms with Gasteiger partial charge in [0, 0.05) is 37.9 Å². The molecule has 2 bridgehead atoms. The lowest BCUT2D eigenvalue weighted by molar-refractivity contribution is -0.224. The number of allylic oxidation sites excluding steroid dienone is 1. The summed E-state index contributed by atoms with van der Waals surface area (Å²) in [6.07, 6.45) is 13.8. The second-order valence-electron chi connectivity index (χ2n) is 17.0. The molecule has 2 saturated carbocycles. The number of aliphatic hydroxyl groups excluding tert-OH is 1. The maximum absolute atomic E-state index is 14.9. The normalized spacial score (nSPS) is 32.1. The van der Waals surface area contributed by atoms with Crippen molar-refractivity contribution in [2.45, 2.75) is 152 Å². The van der Waals surface area contributed by atoms with E-state index in [1.165, 1.54) is 0 Å². The van der Waals surface area contributed by atoms with Gasteiger partial charge < -0.3 is 34.7 Å². The lowest BCUT2D eigenvalue weighted by atomic mass is 9.62. The van der Waals surface area contributed by atoms with Gasteiger partial charge in [0.1, 0.15) is 29.8 Å². The average Bonchev–Trinajstić information content (AvgIpc) is 3.77. The highest BCUT2D eigenvalue weighted by molar-refractivity contribution is 5.95. The number of carbonyl (C=O) groups excluding carboxylic acids is 3. The number of rotatable bonds is 18. The highest BCUT2D eigenvalue weighted by atomic mass is 16.8. The summed E-state index contributed by atoms with van der Waals surface area (Å²) in [6, 6.07) is 14.2. The van der Waals surface area contributed by atoms with E-state index in [9.17, 15) is 14.4 Å². The van der Waals surface area contributed by atoms with Crippen molar-refractivity contribution in [2.75, 3.05) is 13.2 Å². The molecule has 6 aliphatic rings. The van der Waals surface area contributed by atoms with Gasteiger partial charge in [0.15, 0.2) is 11.8 Å². The second-order valence-corrected chi connectivity index (χ2v) is 17.0. The van der Waals surface area contributed by atoms with Crippen molar-refractivity contribution in [3.63, 3.8) is 0 Å². The molecular weight excluding hydrogens is 727 g/mol. The van der Waals surface area contributed by atoms with Crippen LogP contribution in [0.15, 0.2) is 54.6 Å². The molecule has 4 aliphatic heterocycles. The van der Waals surface area contributed by atoms with Gasteiger partial charge in [-0.05, 0) is 66.8 Å². The minimum Gasteiger partial charge on any atom is -0.458 e. The predicted molar refractivity (Wildman–Crippen MR) is 211 cm³/mol. The van der Waals surface area contributed by atoms with E-state index in [4.69, 9.17) is 28.9 Å². The first-order chi connectivity index (χ1) is 27.8. The molecule has 0 radical (unpaired) electrons. The molecule has 4 saturated heterocycles. The van der Waals surface area contributed by atoms with Gasteiger partial charge >= 0.3 is 5.97 Å². The number of epoxide rings is 1. The number of hydroxylamine groups is 2. The molecule has 0 aromatic heterocycles. The summed E-state index contributed by atoms with van der Waals surface area (Å²) in [7, 11) is 0. The van der Waals surface area contributed by atoms with Crippen LogP contribution in [0.5, 0.6) is 0 Å². The zero-order valence-corrected chi connectivity index (χ0v) is 33.4. The molecule has 12 heteroatoms. The SMILES string of the molecule is CCCCCC1(CCCCC)O[C@@H]2[C@H](O1)[C@H]1ON(Cc3cccc(C=CC4CCC5OC5C4)c3)[C@H]3C(=O)O[C@@H]2C[C@@]13C(=O)NCc1cccc(C(=O)NCCO)c1. The third kappa shape index (κ3) is 8.31. The van der Waals surface area contributed by atoms with E-state index in [1.807, 2.05) is 18.2 Å². The molecule has 3 unspecified atom stereocenters. The zero-order valence-electron chi connectivity index (χ0n) is 33.4. The molecule has 6 fully saturated rings. The van der Waals surface area contributed by atoms with Crippen LogP contribution in [0, 0.1) is 11.3 Å². The molecule has 2 aromatic rings. The molecule has 2 amide bonds. The largest absolute Gasteiger partial charge is 0.458 e. The third-order valence-corrected chi connectivity index (χ3v) is 12.9. The van der Waals surface area contributed by atoms with E-state index < -0.39 is 47.6 Å². The molecular formula is C45H59N3O9. The number of unbranched alkanes of at least 4 members (excludes halogenated alkanes) is 4. The summed E-state index contributed by atoms with van der Waals surface area (Å²) >= 11 is 0. The first-order valence-corrected chi connectivity index (χ1v) is 21.4. The van der Waals surface area contributed by atoms with Crippen LogP contribution in [-0.4, -0.2) is 89.6 Å². The summed E-state index contributed by atoms with van der Waals surface area (Å²) in [6.45, 7) is 4.72. The molecule has 2 aliphatic carbocycles. The maximum Gasteiger partial charge on any atom is 0.327 e. The van der Waals surface area contributed by atoms with Crippen LogP contribution < -0.4 is 10.6 Å². The molecule has 0 spiro atoms. The van der Waals surface area contributed by atoms with Crippen molar-refractivity contribution >= 4 is 23.9 Å². The van der Waals surface area contributed by atoms with Crippen molar-refractivity contribution in [3.8, 4) is 0 Å². The third-order valence-electron chi connectivity index (χ3n) is 12.9. The van der Waals surface area contributed by atoms with Crippen LogP contribution in [0.1, 0.15) is 118 Å². The zero-order chi connectivity index (χ0) is 39.6. The van der Waals surface area contributed by atoms with Gasteiger partial charge in [-0.25, -0.2) is 0 Å². The van der Waals surface area contributed by atoms with Gasteiger partial charge in [-0.2, -0.15) is 5.06 Å². The number of hydrogen-bond acceptors (Lipinski definition) is 10. The van der Waals surface area contributed by atoms with E-state index >= 15 is 0 Å². The average molecular weight is 786 g/mol. The summed E-state index contributed by atoms with van der Waals surface area (Å²) in [4.78, 5) is 48.7. The van der Waals surface area contributed by atoms with Gasteiger partial charge in [0.05, 0.1) is 25.4 Å². The van der Waals surface area contributed by atoms with Crippen LogP contribution in [-0.2, 0) is 46.5 Å². The van der Waals surface area contributed by atoms with E-state index in [0.29, 0.717) is 23.7 Å². The Morgan fingerprint density at radius 1 is 0.912 bits per heavy atom. The predicted octanol–water partition coefficient (Wildman–Crippen LogP) is 5.75. The molecule has 4 heterocycles. The van der Waals surface area contributed by atoms with Gasteiger partial charge in [-0.3, -0.25) is 19.2 Å². The maximum atomic E-state index is 14.9. The lowest BCUT2D eigenvalue weighted by Crippen LogP contribution is -2.69. The first-order valence-electron chi connectivity index (χ1n) is 21.4. The minimum absolute atomic E-state index is 0.132. The number of nitrogens with zero attached hydrogens (tertiary/aromatic N) is 1. The van der Waals surface area contributed by atoms with Crippen molar-refractivity contribution in [1.29, 1.82) is 0 Å². The number of amides is 2. The second kappa shape index (κ2) is 17.3. The Kier molecular flexibility index (Phi) is 12.2. The highest BCUT2D eigenvalue weighted by Gasteiger charge is 2.76. The first kappa shape index (κ1) is 40.1. The summed E-state index contributed by atoms with van der Waals surface area (Å²) in [5.41, 5.74) is 1.83. The van der Waals surface area contributed by atoms with Gasteiger partial charge in [-0.1, -0.05) is 88.1 Å². The Labute approximate surface area is 335 Å². The number of fused-ring (bicyclic) bond motifs is 5. The Bertz CT molecular complexity index is 1790. The fourth-order valence-electron chi connectivity index (χ4n) is 9.97. The van der Waals surface area contributed by atoms with Gasteiger partial charge in [0.25, 0.3) is 5.91 Å². The van der Waals surface area contributed by atoms with Crippen LogP contribution >= 0.6 is 0 Å². The van der Waals surface area contributed by atoms with Crippen LogP contribution in [0.25, 0.3) is 6.08 Å². The lowest BCUT2D eigenvalue weighted by Gasteiger charge is -2.48. The number of nitrogens with one attached hydrogen (secondary N) is 2. The van der Waals surface area contributed by atoms with Crippen molar-refractivity contribution in [1.82, 2.24) is 15.7 Å². The summed E-state index contributed by atoms with van der Waals surface area (Å²) in [5.74, 6) is -1.49. The number of carbonyl (C=O) groups is 3. The van der Waals surface area contributed by atoms with Crippen molar-refractivity contribution < 1.29 is 43.3 Å². The number of esters is 1. The fraction of sp³-hybridized carbons (Fsp3) is 0.622. The van der Waals surface area contributed by atoms with E-state index in [-0.39, 0.29) is 44.5 Å². The molecule has 12 nitrogen and oxygen atoms in total. The molecule has 57 heavy (non-hydrogen) atoms. The summed E-state index contributed by atoms with van der Waals surface area (Å²) in [5, 5.41) is 16.6. The Morgan fingerprint density at radius 3 is 2.46 bits per heavy atom. The van der Waals surface area contributed by atoms with E-state index in [1.54, 1.807) is 23.3 Å². The molecule has 308 valence electrons. The number of benzene rings is 2. The smallest absolute Gasteiger partial charge is 0.327 e. The highest BCUT2D eigenvalue weighted by Crippen LogP contribution is 2.58. The monoisotopic (exact) mass is 785 g/mol. The van der Waals surface area contributed by atoms with Crippen molar-refractivity contribution in [2.24, 2.45) is 11.3 Å². The van der Waals surface area contributed by atoms with Crippen LogP contribution in [0.3, 0.4) is 0 Å². The number of hydrogen-bond donors (Lipinski definition) is 3. The van der Waals surface area contributed by atoms with E-state index in [0.717, 1.165) is 87.3 Å². The topological polar surface area (TPSA) is 148 Å². The minimum atomic E-state index is -1.31. The Balaban J connectivity index is 1.07. The summed E-state index contributed by atoms with van der Waals surface area (Å²) < 4.78 is 25.9. The molecule has 8 rings (SSSR count). The number of aliphatic hydroxyl groups is 1. The molecule has 3 N–H and O–H groups in total. The Hall–Kier alpha value is -3.65. The number of ether oxygens (including phenoxy) is 4. The van der Waals surface area contributed by atoms with Gasteiger partial charge in [0.2, 0.25) is 5.91 Å². The van der Waals surface area contributed by atoms with E-state index in [2.05, 4.69) is 48.8 Å². The molecule has 2 aromatic carbocycles. The fourth-order valence-corrected chi connectivity index (χ4v) is 9.97. The van der Waals surface area contributed by atoms with Crippen LogP contribution in [0.2, 0.25) is 0 Å². The Morgan fingerprint density at radius 2 is 1.68 bits per heavy atom.